The summed E-state index contributed by atoms with van der Waals surface area (Å²) in [7, 11) is 0. The minimum absolute atomic E-state index is 1.09. The van der Waals surface area contributed by atoms with Crippen molar-refractivity contribution in [1.29, 1.82) is 0 Å². The molecule has 12 rings (SSSR count). The average molecular weight is 789 g/mol. The maximum Gasteiger partial charge on any atom is 0.0541 e. The van der Waals surface area contributed by atoms with Crippen LogP contribution in [-0.2, 0) is 0 Å². The topological polar surface area (TPSA) is 8.17 Å². The third kappa shape index (κ3) is 6.04. The molecule has 0 unspecified atom stereocenters. The first-order valence-electron chi connectivity index (χ1n) is 21.3. The third-order valence-corrected chi connectivity index (χ3v) is 12.5. The van der Waals surface area contributed by atoms with Crippen LogP contribution >= 0.6 is 0 Å². The molecule has 0 spiro atoms. The van der Waals surface area contributed by atoms with E-state index in [0.717, 1.165) is 22.7 Å². The number of aromatic nitrogens is 1. The van der Waals surface area contributed by atoms with Gasteiger partial charge in [0.1, 0.15) is 0 Å². The fourth-order valence-corrected chi connectivity index (χ4v) is 9.62. The van der Waals surface area contributed by atoms with Gasteiger partial charge in [-0.3, -0.25) is 0 Å². The summed E-state index contributed by atoms with van der Waals surface area (Å²) >= 11 is 0. The molecule has 12 aromatic rings. The Morgan fingerprint density at radius 3 is 1.13 bits per heavy atom. The first-order valence-corrected chi connectivity index (χ1v) is 21.3. The van der Waals surface area contributed by atoms with E-state index < -0.39 is 0 Å². The summed E-state index contributed by atoms with van der Waals surface area (Å²) in [6.45, 7) is 0. The summed E-state index contributed by atoms with van der Waals surface area (Å²) in [5, 5.41) is 10.1. The molecule has 62 heavy (non-hydrogen) atoms. The molecule has 0 aliphatic rings. The van der Waals surface area contributed by atoms with E-state index in [2.05, 4.69) is 252 Å². The van der Waals surface area contributed by atoms with Gasteiger partial charge in [-0.05, 0) is 132 Å². The fourth-order valence-electron chi connectivity index (χ4n) is 9.62. The van der Waals surface area contributed by atoms with Crippen LogP contribution in [0.2, 0.25) is 0 Å². The van der Waals surface area contributed by atoms with Gasteiger partial charge in [0.2, 0.25) is 0 Å². The molecule has 11 aromatic carbocycles. The molecule has 0 fully saturated rings. The number of para-hydroxylation sites is 2. The number of benzene rings is 11. The van der Waals surface area contributed by atoms with Crippen LogP contribution in [0, 0.1) is 0 Å². The van der Waals surface area contributed by atoms with Gasteiger partial charge in [-0.25, -0.2) is 0 Å². The summed E-state index contributed by atoms with van der Waals surface area (Å²) in [6, 6.07) is 88.5. The number of hydrogen-bond acceptors (Lipinski definition) is 1. The molecule has 1 heterocycles. The zero-order chi connectivity index (χ0) is 41.0. The summed E-state index contributed by atoms with van der Waals surface area (Å²) in [4.78, 5) is 2.43. The van der Waals surface area contributed by atoms with Crippen LogP contribution in [-0.4, -0.2) is 4.57 Å². The molecule has 2 heteroatoms. The summed E-state index contributed by atoms with van der Waals surface area (Å²) < 4.78 is 2.37. The Hall–Kier alpha value is -8.20. The van der Waals surface area contributed by atoms with Crippen LogP contribution in [0.15, 0.2) is 243 Å². The van der Waals surface area contributed by atoms with Crippen molar-refractivity contribution in [2.75, 3.05) is 4.90 Å². The molecule has 0 radical (unpaired) electrons. The van der Waals surface area contributed by atoms with Gasteiger partial charge in [0.25, 0.3) is 0 Å². The lowest BCUT2D eigenvalue weighted by Crippen LogP contribution is -2.10. The highest BCUT2D eigenvalue weighted by molar-refractivity contribution is 6.25. The SMILES string of the molecule is c1ccc(-c2cc(-c3ccccc3)cc(N(c3ccc(-c4ccc(-n5c6ccccc6c6ccccc65)cc4)cc3)c3ccc4c5ccccc5c5ccccc5c4c3)c2)cc1. The molecule has 0 saturated heterocycles. The van der Waals surface area contributed by atoms with Crippen molar-refractivity contribution in [1.82, 2.24) is 4.57 Å². The van der Waals surface area contributed by atoms with E-state index in [4.69, 9.17) is 0 Å². The van der Waals surface area contributed by atoms with E-state index in [-0.39, 0.29) is 0 Å². The lowest BCUT2D eigenvalue weighted by molar-refractivity contribution is 1.18. The second kappa shape index (κ2) is 14.8. The molecule has 0 aliphatic carbocycles. The van der Waals surface area contributed by atoms with E-state index in [1.54, 1.807) is 0 Å². The van der Waals surface area contributed by atoms with Crippen molar-refractivity contribution in [3.8, 4) is 39.1 Å². The molecule has 0 bridgehead atoms. The van der Waals surface area contributed by atoms with Crippen molar-refractivity contribution >= 4 is 71.2 Å². The average Bonchev–Trinajstić information content (AvgIpc) is 3.69. The van der Waals surface area contributed by atoms with Gasteiger partial charge in [0.15, 0.2) is 0 Å². The predicted molar refractivity (Wildman–Crippen MR) is 264 cm³/mol. The fraction of sp³-hybridized carbons (Fsp3) is 0. The highest BCUT2D eigenvalue weighted by Crippen LogP contribution is 2.44. The van der Waals surface area contributed by atoms with Crippen molar-refractivity contribution in [2.45, 2.75) is 0 Å². The Labute approximate surface area is 360 Å². The number of hydrogen-bond donors (Lipinski definition) is 0. The molecular weight excluding hydrogens is 749 g/mol. The molecule has 0 N–H and O–H groups in total. The summed E-state index contributed by atoms with van der Waals surface area (Å²) in [6.07, 6.45) is 0. The van der Waals surface area contributed by atoms with Crippen molar-refractivity contribution in [3.63, 3.8) is 0 Å². The minimum atomic E-state index is 1.09. The van der Waals surface area contributed by atoms with Crippen molar-refractivity contribution < 1.29 is 0 Å². The van der Waals surface area contributed by atoms with Crippen molar-refractivity contribution in [3.05, 3.63) is 243 Å². The number of rotatable bonds is 7. The third-order valence-electron chi connectivity index (χ3n) is 12.5. The number of anilines is 3. The summed E-state index contributed by atoms with van der Waals surface area (Å²) in [5.41, 5.74) is 13.9. The molecule has 0 atom stereocenters. The van der Waals surface area contributed by atoms with Gasteiger partial charge < -0.3 is 9.47 Å². The smallest absolute Gasteiger partial charge is 0.0541 e. The monoisotopic (exact) mass is 788 g/mol. The molecule has 0 amide bonds. The predicted octanol–water partition coefficient (Wildman–Crippen LogP) is 16.7. The van der Waals surface area contributed by atoms with Gasteiger partial charge in [-0.2, -0.15) is 0 Å². The first kappa shape index (κ1) is 35.7. The summed E-state index contributed by atoms with van der Waals surface area (Å²) in [5.74, 6) is 0. The van der Waals surface area contributed by atoms with E-state index in [1.807, 2.05) is 0 Å². The van der Waals surface area contributed by atoms with Crippen LogP contribution in [0.5, 0.6) is 0 Å². The second-order valence-corrected chi connectivity index (χ2v) is 16.1. The zero-order valence-electron chi connectivity index (χ0n) is 34.0. The van der Waals surface area contributed by atoms with Gasteiger partial charge in [-0.15, -0.1) is 0 Å². The Morgan fingerprint density at radius 2 is 0.613 bits per heavy atom. The lowest BCUT2D eigenvalue weighted by atomic mass is 9.93. The largest absolute Gasteiger partial charge is 0.310 e. The number of fused-ring (bicyclic) bond motifs is 9. The Kier molecular flexibility index (Phi) is 8.53. The highest BCUT2D eigenvalue weighted by atomic mass is 15.1. The van der Waals surface area contributed by atoms with Crippen molar-refractivity contribution in [2.24, 2.45) is 0 Å². The molecule has 0 saturated carbocycles. The second-order valence-electron chi connectivity index (χ2n) is 16.1. The Balaban J connectivity index is 1.01. The molecular formula is C60H40N2. The maximum absolute atomic E-state index is 2.43. The zero-order valence-corrected chi connectivity index (χ0v) is 34.0. The van der Waals surface area contributed by atoms with Crippen LogP contribution < -0.4 is 4.90 Å². The normalized spacial score (nSPS) is 11.5. The van der Waals surface area contributed by atoms with Gasteiger partial charge in [0.05, 0.1) is 11.0 Å². The standard InChI is InChI=1S/C60H40N2/c1-3-15-41(16-4-1)45-37-46(42-17-5-2-6-18-42)39-50(38-45)61(49-35-36-55-53-21-8-7-19-51(53)52-20-9-10-22-54(52)58(55)40-49)47-31-27-43(28-32-47)44-29-33-48(34-30-44)62-59-25-13-11-23-56(59)57-24-12-14-26-60(57)62/h1-40H. The molecule has 290 valence electrons. The van der Waals surface area contributed by atoms with E-state index in [9.17, 15) is 0 Å². The van der Waals surface area contributed by atoms with Crippen LogP contribution in [0.3, 0.4) is 0 Å². The van der Waals surface area contributed by atoms with Crippen LogP contribution in [0.1, 0.15) is 0 Å². The first-order chi connectivity index (χ1) is 30.7. The quantitative estimate of drug-likeness (QED) is 0.146. The minimum Gasteiger partial charge on any atom is -0.310 e. The van der Waals surface area contributed by atoms with Gasteiger partial charge >= 0.3 is 0 Å². The molecule has 0 aliphatic heterocycles. The molecule has 2 nitrogen and oxygen atoms in total. The lowest BCUT2D eigenvalue weighted by Gasteiger charge is -2.28. The molecule has 1 aromatic heterocycles. The van der Waals surface area contributed by atoms with Crippen LogP contribution in [0.4, 0.5) is 17.1 Å². The van der Waals surface area contributed by atoms with Gasteiger partial charge in [0, 0.05) is 33.5 Å². The van der Waals surface area contributed by atoms with Crippen LogP contribution in [0.25, 0.3) is 93.2 Å². The van der Waals surface area contributed by atoms with Gasteiger partial charge in [-0.1, -0.05) is 176 Å². The highest BCUT2D eigenvalue weighted by Gasteiger charge is 2.19. The Morgan fingerprint density at radius 1 is 0.226 bits per heavy atom. The van der Waals surface area contributed by atoms with E-state index in [0.29, 0.717) is 0 Å². The number of nitrogens with zero attached hydrogens (tertiary/aromatic N) is 2. The van der Waals surface area contributed by atoms with E-state index >= 15 is 0 Å². The Bertz CT molecular complexity index is 3460. The maximum atomic E-state index is 2.43. The van der Waals surface area contributed by atoms with E-state index in [1.165, 1.54) is 87.5 Å².